The predicted octanol–water partition coefficient (Wildman–Crippen LogP) is 5.31. The van der Waals surface area contributed by atoms with Gasteiger partial charge in [-0.1, -0.05) is 42.5 Å². The monoisotopic (exact) mass is 426 g/mol. The Morgan fingerprint density at radius 3 is 2.30 bits per heavy atom. The molecule has 27 heavy (non-hydrogen) atoms. The zero-order valence-electron chi connectivity index (χ0n) is 14.5. The van der Waals surface area contributed by atoms with Gasteiger partial charge in [0.2, 0.25) is 5.91 Å². The Kier molecular flexibility index (Phi) is 6.29. The molecule has 1 amide bonds. The van der Waals surface area contributed by atoms with Crippen molar-refractivity contribution in [1.82, 2.24) is 0 Å². The lowest BCUT2D eigenvalue weighted by Crippen LogP contribution is -2.24. The SMILES string of the molecule is O=C(Nc1ccc(S(=O)(=O)Nc2cc(Cl)ccc2Cl)cc1)C1CCCCC1. The molecule has 0 radical (unpaired) electrons. The zero-order valence-corrected chi connectivity index (χ0v) is 16.9. The Morgan fingerprint density at radius 1 is 0.963 bits per heavy atom. The molecule has 0 aliphatic heterocycles. The van der Waals surface area contributed by atoms with E-state index in [2.05, 4.69) is 10.0 Å². The number of carbonyl (C=O) groups excluding carboxylic acids is 1. The predicted molar refractivity (Wildman–Crippen MR) is 109 cm³/mol. The average Bonchev–Trinajstić information content (AvgIpc) is 2.65. The summed E-state index contributed by atoms with van der Waals surface area (Å²) in [6.07, 6.45) is 5.14. The molecule has 3 rings (SSSR count). The summed E-state index contributed by atoms with van der Waals surface area (Å²) < 4.78 is 27.5. The highest BCUT2D eigenvalue weighted by atomic mass is 35.5. The second kappa shape index (κ2) is 8.50. The molecule has 1 saturated carbocycles. The van der Waals surface area contributed by atoms with Crippen molar-refractivity contribution in [3.8, 4) is 0 Å². The van der Waals surface area contributed by atoms with Crippen LogP contribution >= 0.6 is 23.2 Å². The van der Waals surface area contributed by atoms with Crippen molar-refractivity contribution in [1.29, 1.82) is 0 Å². The van der Waals surface area contributed by atoms with Crippen molar-refractivity contribution < 1.29 is 13.2 Å². The van der Waals surface area contributed by atoms with Crippen molar-refractivity contribution in [2.24, 2.45) is 5.92 Å². The summed E-state index contributed by atoms with van der Waals surface area (Å²) in [4.78, 5) is 12.4. The first-order valence-electron chi connectivity index (χ1n) is 8.74. The Morgan fingerprint density at radius 2 is 1.63 bits per heavy atom. The molecule has 0 bridgehead atoms. The molecule has 1 aliphatic carbocycles. The van der Waals surface area contributed by atoms with E-state index in [1.807, 2.05) is 0 Å². The molecular formula is C19H20Cl2N2O3S. The molecule has 5 nitrogen and oxygen atoms in total. The number of hydrogen-bond donors (Lipinski definition) is 2. The summed E-state index contributed by atoms with van der Waals surface area (Å²) in [7, 11) is -3.82. The third kappa shape index (κ3) is 5.15. The molecule has 0 spiro atoms. The first kappa shape index (κ1) is 20.0. The summed E-state index contributed by atoms with van der Waals surface area (Å²) in [5, 5.41) is 3.49. The minimum absolute atomic E-state index is 0.00542. The first-order chi connectivity index (χ1) is 12.8. The maximum absolute atomic E-state index is 12.5. The van der Waals surface area contributed by atoms with Gasteiger partial charge in [-0.3, -0.25) is 9.52 Å². The molecule has 0 heterocycles. The number of benzene rings is 2. The maximum atomic E-state index is 12.5. The van der Waals surface area contributed by atoms with E-state index in [1.165, 1.54) is 30.7 Å². The van der Waals surface area contributed by atoms with Gasteiger partial charge in [-0.25, -0.2) is 8.42 Å². The Balaban J connectivity index is 1.70. The molecule has 0 saturated heterocycles. The highest BCUT2D eigenvalue weighted by molar-refractivity contribution is 7.92. The van der Waals surface area contributed by atoms with E-state index in [-0.39, 0.29) is 27.4 Å². The second-order valence-electron chi connectivity index (χ2n) is 6.58. The summed E-state index contributed by atoms with van der Waals surface area (Å²) in [6.45, 7) is 0. The molecule has 144 valence electrons. The lowest BCUT2D eigenvalue weighted by molar-refractivity contribution is -0.120. The molecule has 0 unspecified atom stereocenters. The van der Waals surface area contributed by atoms with E-state index in [9.17, 15) is 13.2 Å². The average molecular weight is 427 g/mol. The van der Waals surface area contributed by atoms with Gasteiger partial charge in [0.05, 0.1) is 15.6 Å². The number of hydrogen-bond acceptors (Lipinski definition) is 3. The van der Waals surface area contributed by atoms with Crippen LogP contribution in [-0.4, -0.2) is 14.3 Å². The Labute approximate surface area is 169 Å². The van der Waals surface area contributed by atoms with Crippen LogP contribution in [0.3, 0.4) is 0 Å². The van der Waals surface area contributed by atoms with Crippen molar-refractivity contribution >= 4 is 50.5 Å². The number of sulfonamides is 1. The van der Waals surface area contributed by atoms with Crippen LogP contribution in [0.1, 0.15) is 32.1 Å². The zero-order chi connectivity index (χ0) is 19.4. The van der Waals surface area contributed by atoms with Crippen molar-refractivity contribution in [2.45, 2.75) is 37.0 Å². The number of halogens is 2. The normalized spacial score (nSPS) is 15.3. The van der Waals surface area contributed by atoms with Crippen LogP contribution in [0.25, 0.3) is 0 Å². The van der Waals surface area contributed by atoms with Crippen LogP contribution in [0.4, 0.5) is 11.4 Å². The fourth-order valence-corrected chi connectivity index (χ4v) is 4.57. The summed E-state index contributed by atoms with van der Waals surface area (Å²) in [5.41, 5.74) is 0.782. The lowest BCUT2D eigenvalue weighted by Gasteiger charge is -2.20. The van der Waals surface area contributed by atoms with E-state index in [4.69, 9.17) is 23.2 Å². The quantitative estimate of drug-likeness (QED) is 0.679. The minimum Gasteiger partial charge on any atom is -0.326 e. The number of rotatable bonds is 5. The molecule has 2 aromatic rings. The van der Waals surface area contributed by atoms with Gasteiger partial charge in [-0.15, -0.1) is 0 Å². The minimum atomic E-state index is -3.82. The van der Waals surface area contributed by atoms with Crippen LogP contribution in [0.2, 0.25) is 10.0 Å². The number of amides is 1. The maximum Gasteiger partial charge on any atom is 0.261 e. The van der Waals surface area contributed by atoms with Gasteiger partial charge in [-0.2, -0.15) is 0 Å². The Bertz CT molecular complexity index is 924. The number of carbonyl (C=O) groups is 1. The summed E-state index contributed by atoms with van der Waals surface area (Å²) >= 11 is 11.9. The van der Waals surface area contributed by atoms with Gasteiger partial charge < -0.3 is 5.32 Å². The number of anilines is 2. The number of nitrogens with one attached hydrogen (secondary N) is 2. The van der Waals surface area contributed by atoms with E-state index >= 15 is 0 Å². The summed E-state index contributed by atoms with van der Waals surface area (Å²) in [5.74, 6) is 0.0305. The van der Waals surface area contributed by atoms with Crippen molar-refractivity contribution in [3.63, 3.8) is 0 Å². The second-order valence-corrected chi connectivity index (χ2v) is 9.10. The molecule has 0 aromatic heterocycles. The standard InChI is InChI=1S/C19H20Cl2N2O3S/c20-14-6-11-17(21)18(12-14)23-27(25,26)16-9-7-15(8-10-16)22-19(24)13-4-2-1-3-5-13/h6-13,23H,1-5H2,(H,22,24). The lowest BCUT2D eigenvalue weighted by atomic mass is 9.88. The first-order valence-corrected chi connectivity index (χ1v) is 11.0. The van der Waals surface area contributed by atoms with Gasteiger partial charge in [0.25, 0.3) is 10.0 Å². The molecular weight excluding hydrogens is 407 g/mol. The van der Waals surface area contributed by atoms with Crippen molar-refractivity contribution in [3.05, 3.63) is 52.5 Å². The summed E-state index contributed by atoms with van der Waals surface area (Å²) in [6, 6.07) is 10.6. The van der Waals surface area contributed by atoms with E-state index in [0.717, 1.165) is 25.7 Å². The molecule has 0 atom stereocenters. The van der Waals surface area contributed by atoms with E-state index in [0.29, 0.717) is 10.7 Å². The van der Waals surface area contributed by atoms with Crippen molar-refractivity contribution in [2.75, 3.05) is 10.0 Å². The molecule has 1 fully saturated rings. The highest BCUT2D eigenvalue weighted by Gasteiger charge is 2.21. The van der Waals surface area contributed by atoms with Crippen LogP contribution in [0.5, 0.6) is 0 Å². The van der Waals surface area contributed by atoms with Gasteiger partial charge in [0.15, 0.2) is 0 Å². The van der Waals surface area contributed by atoms with Gasteiger partial charge in [0.1, 0.15) is 0 Å². The van der Waals surface area contributed by atoms with Crippen LogP contribution in [0, 0.1) is 5.92 Å². The van der Waals surface area contributed by atoms with Crippen LogP contribution in [-0.2, 0) is 14.8 Å². The third-order valence-electron chi connectivity index (χ3n) is 4.58. The molecule has 1 aliphatic rings. The topological polar surface area (TPSA) is 75.3 Å². The molecule has 2 N–H and O–H groups in total. The van der Waals surface area contributed by atoms with E-state index < -0.39 is 10.0 Å². The third-order valence-corrected chi connectivity index (χ3v) is 6.53. The smallest absolute Gasteiger partial charge is 0.261 e. The van der Waals surface area contributed by atoms with Gasteiger partial charge in [0, 0.05) is 16.6 Å². The van der Waals surface area contributed by atoms with E-state index in [1.54, 1.807) is 18.2 Å². The van der Waals surface area contributed by atoms with Crippen LogP contribution in [0.15, 0.2) is 47.4 Å². The fraction of sp³-hybridized carbons (Fsp3) is 0.316. The fourth-order valence-electron chi connectivity index (χ4n) is 3.11. The highest BCUT2D eigenvalue weighted by Crippen LogP contribution is 2.28. The largest absolute Gasteiger partial charge is 0.326 e. The van der Waals surface area contributed by atoms with Gasteiger partial charge >= 0.3 is 0 Å². The molecule has 8 heteroatoms. The van der Waals surface area contributed by atoms with Gasteiger partial charge in [-0.05, 0) is 55.3 Å². The van der Waals surface area contributed by atoms with Crippen LogP contribution < -0.4 is 10.0 Å². The Hall–Kier alpha value is -1.76. The molecule has 2 aromatic carbocycles.